The molecular formula is C10H15ClN4O2. The molecule has 0 unspecified atom stereocenters. The lowest BCUT2D eigenvalue weighted by molar-refractivity contribution is -0.119. The minimum absolute atomic E-state index is 0.111. The van der Waals surface area contributed by atoms with Gasteiger partial charge in [-0.3, -0.25) is 14.8 Å². The van der Waals surface area contributed by atoms with E-state index in [-0.39, 0.29) is 18.3 Å². The zero-order chi connectivity index (χ0) is 12.8. The second kappa shape index (κ2) is 6.24. The predicted molar refractivity (Wildman–Crippen MR) is 65.1 cm³/mol. The Labute approximate surface area is 104 Å². The van der Waals surface area contributed by atoms with Crippen molar-refractivity contribution in [3.05, 3.63) is 12.4 Å². The number of aromatic nitrogens is 2. The molecule has 1 rings (SSSR count). The SMILES string of the molecule is CC(C)n1cc(NC(=O)NC(=O)CCCl)cn1. The highest BCUT2D eigenvalue weighted by Gasteiger charge is 2.08. The Morgan fingerprint density at radius 3 is 2.76 bits per heavy atom. The van der Waals surface area contributed by atoms with E-state index in [0.717, 1.165) is 0 Å². The molecule has 0 atom stereocenters. The van der Waals surface area contributed by atoms with Crippen molar-refractivity contribution in [1.29, 1.82) is 0 Å². The molecule has 0 aliphatic rings. The number of hydrogen-bond acceptors (Lipinski definition) is 3. The molecule has 0 aliphatic heterocycles. The molecule has 0 bridgehead atoms. The van der Waals surface area contributed by atoms with Crippen LogP contribution in [0, 0.1) is 0 Å². The van der Waals surface area contributed by atoms with Gasteiger partial charge in [0, 0.05) is 24.5 Å². The average Bonchev–Trinajstić information content (AvgIpc) is 2.66. The Hall–Kier alpha value is -1.56. The fourth-order valence-corrected chi connectivity index (χ4v) is 1.29. The summed E-state index contributed by atoms with van der Waals surface area (Å²) in [5.74, 6) is -0.224. The molecule has 0 saturated heterocycles. The minimum atomic E-state index is -0.580. The Kier molecular flexibility index (Phi) is 4.96. The number of carbonyl (C=O) groups excluding carboxylic acids is 2. The van der Waals surface area contributed by atoms with Crippen LogP contribution in [-0.2, 0) is 4.79 Å². The van der Waals surface area contributed by atoms with Crippen molar-refractivity contribution in [2.75, 3.05) is 11.2 Å². The van der Waals surface area contributed by atoms with Crippen LogP contribution in [0.5, 0.6) is 0 Å². The summed E-state index contributed by atoms with van der Waals surface area (Å²) in [4.78, 5) is 22.4. The zero-order valence-corrected chi connectivity index (χ0v) is 10.5. The molecule has 94 valence electrons. The van der Waals surface area contributed by atoms with Crippen molar-refractivity contribution >= 4 is 29.2 Å². The molecule has 1 aromatic rings. The van der Waals surface area contributed by atoms with Gasteiger partial charge in [0.15, 0.2) is 0 Å². The molecule has 1 heterocycles. The maximum atomic E-state index is 11.4. The molecule has 17 heavy (non-hydrogen) atoms. The van der Waals surface area contributed by atoms with Gasteiger partial charge in [-0.2, -0.15) is 5.10 Å². The Morgan fingerprint density at radius 2 is 2.24 bits per heavy atom. The number of urea groups is 1. The van der Waals surface area contributed by atoms with E-state index in [2.05, 4.69) is 15.7 Å². The lowest BCUT2D eigenvalue weighted by Gasteiger charge is -2.04. The summed E-state index contributed by atoms with van der Waals surface area (Å²) in [5, 5.41) is 8.72. The maximum absolute atomic E-state index is 11.4. The van der Waals surface area contributed by atoms with E-state index in [1.165, 1.54) is 6.20 Å². The second-order valence-corrected chi connectivity index (χ2v) is 4.12. The largest absolute Gasteiger partial charge is 0.325 e. The number of carbonyl (C=O) groups is 2. The van der Waals surface area contributed by atoms with E-state index < -0.39 is 11.9 Å². The summed E-state index contributed by atoms with van der Waals surface area (Å²) in [6.45, 7) is 3.95. The number of hydrogen-bond donors (Lipinski definition) is 2. The lowest BCUT2D eigenvalue weighted by atomic mass is 10.4. The first kappa shape index (κ1) is 13.5. The van der Waals surface area contributed by atoms with Crippen LogP contribution >= 0.6 is 11.6 Å². The van der Waals surface area contributed by atoms with Gasteiger partial charge in [0.05, 0.1) is 11.9 Å². The van der Waals surface area contributed by atoms with Gasteiger partial charge in [0.1, 0.15) is 0 Å². The number of nitrogens with zero attached hydrogens (tertiary/aromatic N) is 2. The van der Waals surface area contributed by atoms with E-state index in [4.69, 9.17) is 11.6 Å². The summed E-state index contributed by atoms with van der Waals surface area (Å²) in [6, 6.07) is -0.366. The summed E-state index contributed by atoms with van der Waals surface area (Å²) in [7, 11) is 0. The van der Waals surface area contributed by atoms with Crippen molar-refractivity contribution in [2.24, 2.45) is 0 Å². The topological polar surface area (TPSA) is 76.0 Å². The molecule has 0 saturated carbocycles. The number of imide groups is 1. The summed E-state index contributed by atoms with van der Waals surface area (Å²) < 4.78 is 1.70. The molecule has 0 aromatic carbocycles. The molecule has 0 radical (unpaired) electrons. The number of rotatable bonds is 4. The quantitative estimate of drug-likeness (QED) is 0.808. The van der Waals surface area contributed by atoms with E-state index in [0.29, 0.717) is 5.69 Å². The van der Waals surface area contributed by atoms with E-state index in [1.54, 1.807) is 10.9 Å². The monoisotopic (exact) mass is 258 g/mol. The smallest absolute Gasteiger partial charge is 0.305 e. The van der Waals surface area contributed by atoms with Crippen LogP contribution in [0.4, 0.5) is 10.5 Å². The van der Waals surface area contributed by atoms with Crippen molar-refractivity contribution in [3.63, 3.8) is 0 Å². The normalized spacial score (nSPS) is 10.4. The van der Waals surface area contributed by atoms with Crippen LogP contribution in [0.3, 0.4) is 0 Å². The van der Waals surface area contributed by atoms with Gasteiger partial charge in [-0.1, -0.05) is 0 Å². The van der Waals surface area contributed by atoms with Crippen LogP contribution in [0.15, 0.2) is 12.4 Å². The maximum Gasteiger partial charge on any atom is 0.325 e. The summed E-state index contributed by atoms with van der Waals surface area (Å²) in [5.41, 5.74) is 0.537. The molecule has 0 aliphatic carbocycles. The van der Waals surface area contributed by atoms with Crippen molar-refractivity contribution in [2.45, 2.75) is 26.3 Å². The predicted octanol–water partition coefficient (Wildman–Crippen LogP) is 1.74. The van der Waals surface area contributed by atoms with Crippen LogP contribution in [0.2, 0.25) is 0 Å². The molecule has 7 heteroatoms. The van der Waals surface area contributed by atoms with Crippen molar-refractivity contribution in [3.8, 4) is 0 Å². The first-order valence-electron chi connectivity index (χ1n) is 5.24. The highest BCUT2D eigenvalue weighted by molar-refractivity contribution is 6.19. The number of amides is 3. The first-order chi connectivity index (χ1) is 8.02. The number of nitrogens with one attached hydrogen (secondary N) is 2. The summed E-state index contributed by atoms with van der Waals surface area (Å²) >= 11 is 5.37. The molecule has 3 amide bonds. The molecule has 2 N–H and O–H groups in total. The van der Waals surface area contributed by atoms with Gasteiger partial charge in [-0.05, 0) is 13.8 Å². The third-order valence-corrected chi connectivity index (χ3v) is 2.15. The Morgan fingerprint density at radius 1 is 1.53 bits per heavy atom. The van der Waals surface area contributed by atoms with Crippen molar-refractivity contribution in [1.82, 2.24) is 15.1 Å². The molecule has 0 fully saturated rings. The average molecular weight is 259 g/mol. The standard InChI is InChI=1S/C10H15ClN4O2/c1-7(2)15-6-8(5-12-15)13-10(17)14-9(16)3-4-11/h5-7H,3-4H2,1-2H3,(H2,13,14,16,17). The minimum Gasteiger partial charge on any atom is -0.305 e. The fraction of sp³-hybridized carbons (Fsp3) is 0.500. The second-order valence-electron chi connectivity index (χ2n) is 3.74. The van der Waals surface area contributed by atoms with Gasteiger partial charge >= 0.3 is 6.03 Å². The first-order valence-corrected chi connectivity index (χ1v) is 5.77. The van der Waals surface area contributed by atoms with Gasteiger partial charge < -0.3 is 5.32 Å². The Bertz CT molecular complexity index is 403. The highest BCUT2D eigenvalue weighted by atomic mass is 35.5. The Balaban J connectivity index is 2.47. The van der Waals surface area contributed by atoms with Crippen LogP contribution in [0.25, 0.3) is 0 Å². The number of halogens is 1. The number of anilines is 1. The fourth-order valence-electron chi connectivity index (χ4n) is 1.12. The van der Waals surface area contributed by atoms with Crippen LogP contribution in [0.1, 0.15) is 26.3 Å². The molecular weight excluding hydrogens is 244 g/mol. The van der Waals surface area contributed by atoms with Gasteiger partial charge in [0.25, 0.3) is 0 Å². The van der Waals surface area contributed by atoms with Crippen LogP contribution < -0.4 is 10.6 Å². The lowest BCUT2D eigenvalue weighted by Crippen LogP contribution is -2.34. The zero-order valence-electron chi connectivity index (χ0n) is 9.74. The van der Waals surface area contributed by atoms with Gasteiger partial charge in [0.2, 0.25) is 5.91 Å². The third-order valence-electron chi connectivity index (χ3n) is 1.96. The van der Waals surface area contributed by atoms with Gasteiger partial charge in [-0.25, -0.2) is 4.79 Å². The highest BCUT2D eigenvalue weighted by Crippen LogP contribution is 2.09. The van der Waals surface area contributed by atoms with E-state index in [1.807, 2.05) is 13.8 Å². The molecule has 0 spiro atoms. The van der Waals surface area contributed by atoms with Crippen LogP contribution in [-0.4, -0.2) is 27.6 Å². The third kappa shape index (κ3) is 4.44. The summed E-state index contributed by atoms with van der Waals surface area (Å²) in [6.07, 6.45) is 3.32. The number of alkyl halides is 1. The van der Waals surface area contributed by atoms with E-state index >= 15 is 0 Å². The van der Waals surface area contributed by atoms with Gasteiger partial charge in [-0.15, -0.1) is 11.6 Å². The van der Waals surface area contributed by atoms with Crippen molar-refractivity contribution < 1.29 is 9.59 Å². The molecule has 6 nitrogen and oxygen atoms in total. The van der Waals surface area contributed by atoms with E-state index in [9.17, 15) is 9.59 Å². The molecule has 1 aromatic heterocycles.